The fourth-order valence-electron chi connectivity index (χ4n) is 12.1. The van der Waals surface area contributed by atoms with Crippen LogP contribution in [0.15, 0.2) is 138 Å². The van der Waals surface area contributed by atoms with E-state index >= 15 is 0 Å². The van der Waals surface area contributed by atoms with Gasteiger partial charge >= 0.3 is 0 Å². The van der Waals surface area contributed by atoms with Crippen molar-refractivity contribution in [3.63, 3.8) is 0 Å². The molecule has 6 fully saturated rings. The highest BCUT2D eigenvalue weighted by molar-refractivity contribution is 6.32. The van der Waals surface area contributed by atoms with E-state index in [0.29, 0.717) is 35.6 Å². The van der Waals surface area contributed by atoms with Crippen LogP contribution in [-0.4, -0.2) is 61.5 Å². The number of benzene rings is 7. The van der Waals surface area contributed by atoms with Gasteiger partial charge in [0.25, 0.3) is 0 Å². The first-order valence-corrected chi connectivity index (χ1v) is 35.2. The van der Waals surface area contributed by atoms with Gasteiger partial charge in [-0.3, -0.25) is 4.98 Å². The van der Waals surface area contributed by atoms with E-state index in [1.165, 1.54) is 151 Å². The number of ether oxygens (including phenoxy) is 2. The quantitative estimate of drug-likeness (QED) is 0.154. The number of aromatic nitrogens is 7. The summed E-state index contributed by atoms with van der Waals surface area (Å²) < 4.78 is 40.7. The minimum absolute atomic E-state index is 0.359. The molecule has 0 bridgehead atoms. The Balaban J connectivity index is 0.0000000979. The predicted octanol–water partition coefficient (Wildman–Crippen LogP) is 21.9. The molecule has 0 unspecified atom stereocenters. The molecule has 0 atom stereocenters. The summed E-state index contributed by atoms with van der Waals surface area (Å²) in [6, 6.07) is 38.6. The van der Waals surface area contributed by atoms with Crippen molar-refractivity contribution in [1.29, 1.82) is 0 Å². The van der Waals surface area contributed by atoms with Gasteiger partial charge in [0.2, 0.25) is 5.89 Å². The van der Waals surface area contributed by atoms with Crippen molar-refractivity contribution in [2.24, 2.45) is 0 Å². The maximum absolute atomic E-state index is 6.02. The number of hydrogen-bond acceptors (Lipinski definition) is 13. The summed E-state index contributed by atoms with van der Waals surface area (Å²) in [6.45, 7) is 30.5. The third kappa shape index (κ3) is 14.9. The SMILES string of the molecule is Cc1cc2c(cc1Cl)nnn2C1CC1.Cc1cc2cc(C3CC3)oc2cc1C.Cc1cc2cc(C3COC3)oc2cc1C.Cc1cc2cccnc2cc1C.Cc1cc2nc(C3CC3)oc2cc1C.Cc1cc2nc(C3COC3)oc2cc1C.Cc1cc2onc(C3CC3)c2cc1C. The standard InChI is InChI=1S/C13H14O2.C13H14O.C12H13NO2.2C12H13NO.C11H11N.C10H10ClN3/c1-8-3-10-5-13(11-6-14-7-11)15-12(10)4-9(8)2;1-8-5-11-7-13(10-3-4-10)14-12(11)6-9(8)2;1-7-3-10-11(4-8(7)2)15-12(13-10)9-5-14-6-9;1-7-5-10-11(6-8(7)2)14-12(13-10)9-3-4-9;1-7-5-10-11(6-8(7)2)14-13-12(10)9-3-4-9;1-8-6-10-4-3-5-12-11(10)7-9(8)2;1-6-4-10-9(5-8(6)11)12-13-14(10)7-2-3-7/h3-5,11H,6-7H2,1-2H3;5-7,10H,3-4H2,1-2H3;3-4,9H,5-6H2,1-2H3;2*5-6,9H,3-4H2,1-2H3;3-7H,1-2H3;4-5,7H,2-3H2,1H3. The molecular weight excluding hydrogens is 1240 g/mol. The van der Waals surface area contributed by atoms with Gasteiger partial charge in [0.15, 0.2) is 22.6 Å². The van der Waals surface area contributed by atoms with Gasteiger partial charge in [-0.1, -0.05) is 28.0 Å². The Bertz CT molecular complexity index is 4750. The van der Waals surface area contributed by atoms with Gasteiger partial charge in [0, 0.05) is 50.5 Å². The number of furan rings is 2. The molecule has 0 radical (unpaired) electrons. The van der Waals surface area contributed by atoms with E-state index in [1.807, 2.05) is 29.9 Å². The fraction of sp³-hybridized carbons (Fsp3) is 0.373. The van der Waals surface area contributed by atoms with Crippen molar-refractivity contribution in [3.8, 4) is 0 Å². The molecule has 7 aromatic heterocycles. The smallest absolute Gasteiger partial charge is 0.203 e. The number of pyridine rings is 1. The number of fused-ring (bicyclic) bond motifs is 7. The number of oxazole rings is 2. The highest BCUT2D eigenvalue weighted by atomic mass is 35.5. The topological polar surface area (TPSA) is 166 Å². The minimum Gasteiger partial charge on any atom is -0.461 e. The molecule has 7 aromatic carbocycles. The monoisotopic (exact) mass is 1330 g/mol. The normalized spacial score (nSPS) is 15.9. The Kier molecular flexibility index (Phi) is 18.8. The maximum Gasteiger partial charge on any atom is 0.203 e. The highest BCUT2D eigenvalue weighted by Crippen LogP contribution is 2.45. The third-order valence-corrected chi connectivity index (χ3v) is 20.6. The van der Waals surface area contributed by atoms with E-state index in [0.717, 1.165) is 110 Å². The summed E-state index contributed by atoms with van der Waals surface area (Å²) in [5, 5.41) is 18.1. The van der Waals surface area contributed by atoms with Gasteiger partial charge in [0.05, 0.1) is 61.0 Å². The number of aryl methyl sites for hydroxylation is 13. The lowest BCUT2D eigenvalue weighted by Crippen LogP contribution is -2.25. The minimum atomic E-state index is 0.359. The first-order valence-electron chi connectivity index (χ1n) is 34.9. The van der Waals surface area contributed by atoms with Crippen LogP contribution in [-0.2, 0) is 9.47 Å². The Morgan fingerprint density at radius 1 is 0.388 bits per heavy atom. The molecule has 15 heteroatoms. The molecule has 504 valence electrons. The van der Waals surface area contributed by atoms with Crippen molar-refractivity contribution in [3.05, 3.63) is 222 Å². The number of halogens is 1. The molecule has 14 aromatic rings. The molecule has 2 saturated heterocycles. The van der Waals surface area contributed by atoms with Crippen molar-refractivity contribution in [1.82, 2.24) is 35.1 Å². The van der Waals surface area contributed by atoms with Gasteiger partial charge in [-0.25, -0.2) is 14.6 Å². The number of hydrogen-bond donors (Lipinski definition) is 0. The lowest BCUT2D eigenvalue weighted by atomic mass is 10.0. The molecule has 0 N–H and O–H groups in total. The zero-order valence-corrected chi connectivity index (χ0v) is 59.5. The molecule has 4 saturated carbocycles. The van der Waals surface area contributed by atoms with Gasteiger partial charge in [-0.05, 0) is 317 Å². The van der Waals surface area contributed by atoms with E-state index in [-0.39, 0.29) is 0 Å². The third-order valence-electron chi connectivity index (χ3n) is 20.2. The van der Waals surface area contributed by atoms with Gasteiger partial charge in [-0.15, -0.1) is 5.10 Å². The molecule has 0 amide bonds. The van der Waals surface area contributed by atoms with E-state index in [2.05, 4.69) is 211 Å². The van der Waals surface area contributed by atoms with Crippen molar-refractivity contribution in [2.75, 3.05) is 26.4 Å². The zero-order valence-electron chi connectivity index (χ0n) is 58.8. The summed E-state index contributed by atoms with van der Waals surface area (Å²) in [5.74, 6) is 6.82. The molecule has 6 aliphatic rings. The van der Waals surface area contributed by atoms with Crippen molar-refractivity contribution < 1.29 is 31.7 Å². The molecule has 20 rings (SSSR count). The Hall–Kier alpha value is -8.95. The van der Waals surface area contributed by atoms with E-state index in [4.69, 9.17) is 43.3 Å². The summed E-state index contributed by atoms with van der Waals surface area (Å²) in [6.07, 6.45) is 11.9. The summed E-state index contributed by atoms with van der Waals surface area (Å²) in [7, 11) is 0. The van der Waals surface area contributed by atoms with Crippen LogP contribution in [0.2, 0.25) is 5.02 Å². The van der Waals surface area contributed by atoms with Gasteiger partial charge in [-0.2, -0.15) is 0 Å². The second-order valence-electron chi connectivity index (χ2n) is 28.4. The van der Waals surface area contributed by atoms with Crippen molar-refractivity contribution in [2.45, 2.75) is 177 Å². The summed E-state index contributed by atoms with van der Waals surface area (Å²) >= 11 is 6.02. The van der Waals surface area contributed by atoms with Crippen LogP contribution in [0.1, 0.15) is 188 Å². The molecule has 4 aliphatic carbocycles. The highest BCUT2D eigenvalue weighted by Gasteiger charge is 2.32. The van der Waals surface area contributed by atoms with Crippen LogP contribution in [0, 0.1) is 90.0 Å². The van der Waals surface area contributed by atoms with Gasteiger partial charge < -0.3 is 31.7 Å². The summed E-state index contributed by atoms with van der Waals surface area (Å²) in [5.41, 5.74) is 27.7. The van der Waals surface area contributed by atoms with E-state index in [1.54, 1.807) is 0 Å². The average molecular weight is 1330 g/mol. The lowest BCUT2D eigenvalue weighted by molar-refractivity contribution is -0.00172. The Morgan fingerprint density at radius 2 is 0.847 bits per heavy atom. The van der Waals surface area contributed by atoms with Crippen LogP contribution in [0.4, 0.5) is 0 Å². The molecule has 0 spiro atoms. The number of nitrogens with zero attached hydrogens (tertiary/aromatic N) is 7. The Morgan fingerprint density at radius 3 is 1.36 bits per heavy atom. The molecule has 14 nitrogen and oxygen atoms in total. The summed E-state index contributed by atoms with van der Waals surface area (Å²) in [4.78, 5) is 13.3. The fourth-order valence-corrected chi connectivity index (χ4v) is 12.3. The maximum atomic E-state index is 6.02. The van der Waals surface area contributed by atoms with Gasteiger partial charge in [0.1, 0.15) is 39.2 Å². The second kappa shape index (κ2) is 27.8. The van der Waals surface area contributed by atoms with Crippen LogP contribution in [0.5, 0.6) is 0 Å². The lowest BCUT2D eigenvalue weighted by Gasteiger charge is -2.23. The van der Waals surface area contributed by atoms with Crippen LogP contribution < -0.4 is 0 Å². The molecular formula is C83H88ClN7O7. The van der Waals surface area contributed by atoms with Crippen LogP contribution >= 0.6 is 11.6 Å². The zero-order chi connectivity index (χ0) is 68.2. The number of rotatable bonds is 6. The Labute approximate surface area is 577 Å². The first-order chi connectivity index (χ1) is 47.2. The van der Waals surface area contributed by atoms with Crippen LogP contribution in [0.3, 0.4) is 0 Å². The molecule has 9 heterocycles. The van der Waals surface area contributed by atoms with E-state index < -0.39 is 0 Å². The van der Waals surface area contributed by atoms with Crippen LogP contribution in [0.25, 0.3) is 77.0 Å². The van der Waals surface area contributed by atoms with E-state index in [9.17, 15) is 0 Å². The first kappa shape index (κ1) is 66.3. The molecule has 98 heavy (non-hydrogen) atoms. The van der Waals surface area contributed by atoms with Crippen molar-refractivity contribution >= 4 is 88.6 Å². The molecule has 2 aliphatic heterocycles. The largest absolute Gasteiger partial charge is 0.461 e. The predicted molar refractivity (Wildman–Crippen MR) is 392 cm³/mol. The second-order valence-corrected chi connectivity index (χ2v) is 28.8. The average Bonchev–Trinajstić information content (AvgIpc) is 1.64.